The summed E-state index contributed by atoms with van der Waals surface area (Å²) >= 11 is 0. The molecule has 1 aliphatic rings. The number of rotatable bonds is 6. The van der Waals surface area contributed by atoms with E-state index in [-0.39, 0.29) is 12.0 Å². The van der Waals surface area contributed by atoms with Crippen LogP contribution in [0.15, 0.2) is 48.5 Å². The van der Waals surface area contributed by atoms with Gasteiger partial charge in [-0.1, -0.05) is 36.4 Å². The summed E-state index contributed by atoms with van der Waals surface area (Å²) in [6.45, 7) is 1.19. The zero-order valence-corrected chi connectivity index (χ0v) is 14.0. The van der Waals surface area contributed by atoms with Crippen LogP contribution in [0.5, 0.6) is 5.75 Å². The largest absolute Gasteiger partial charge is 0.497 e. The van der Waals surface area contributed by atoms with E-state index in [1.54, 1.807) is 7.11 Å². The fourth-order valence-electron chi connectivity index (χ4n) is 2.91. The topological polar surface area (TPSA) is 47.6 Å². The van der Waals surface area contributed by atoms with Crippen LogP contribution >= 0.6 is 0 Å². The first-order valence-electron chi connectivity index (χ1n) is 8.32. The number of hydrogen-bond acceptors (Lipinski definition) is 3. The van der Waals surface area contributed by atoms with Crippen molar-refractivity contribution in [2.75, 3.05) is 13.7 Å². The Morgan fingerprint density at radius 3 is 2.67 bits per heavy atom. The van der Waals surface area contributed by atoms with E-state index in [0.29, 0.717) is 19.6 Å². The van der Waals surface area contributed by atoms with Gasteiger partial charge in [-0.3, -0.25) is 4.79 Å². The summed E-state index contributed by atoms with van der Waals surface area (Å²) in [7, 11) is 1.65. The summed E-state index contributed by atoms with van der Waals surface area (Å²) in [5, 5.41) is 2.99. The van der Waals surface area contributed by atoms with E-state index in [4.69, 9.17) is 9.47 Å². The van der Waals surface area contributed by atoms with Crippen molar-refractivity contribution in [2.24, 2.45) is 0 Å². The molecule has 1 N–H and O–H groups in total. The Labute approximate surface area is 142 Å². The van der Waals surface area contributed by atoms with Gasteiger partial charge in [-0.15, -0.1) is 0 Å². The predicted octanol–water partition coefficient (Wildman–Crippen LogP) is 2.89. The fraction of sp³-hybridized carbons (Fsp3) is 0.350. The van der Waals surface area contributed by atoms with E-state index in [1.807, 2.05) is 30.3 Å². The van der Waals surface area contributed by atoms with Gasteiger partial charge in [0, 0.05) is 19.4 Å². The van der Waals surface area contributed by atoms with Crippen LogP contribution in [0.25, 0.3) is 0 Å². The second kappa shape index (κ2) is 7.97. The number of carbonyl (C=O) groups excluding carboxylic acids is 1. The van der Waals surface area contributed by atoms with E-state index >= 15 is 0 Å². The van der Waals surface area contributed by atoms with Crippen molar-refractivity contribution in [1.29, 1.82) is 0 Å². The van der Waals surface area contributed by atoms with Crippen molar-refractivity contribution >= 4 is 5.91 Å². The van der Waals surface area contributed by atoms with Crippen LogP contribution in [0.1, 0.15) is 23.1 Å². The smallest absolute Gasteiger partial charge is 0.220 e. The van der Waals surface area contributed by atoms with Gasteiger partial charge in [0.05, 0.1) is 19.8 Å². The molecule has 0 aliphatic carbocycles. The van der Waals surface area contributed by atoms with Gasteiger partial charge in [-0.2, -0.15) is 0 Å². The van der Waals surface area contributed by atoms with Crippen LogP contribution < -0.4 is 10.1 Å². The molecule has 0 saturated carbocycles. The van der Waals surface area contributed by atoms with Crippen LogP contribution in [-0.4, -0.2) is 25.7 Å². The van der Waals surface area contributed by atoms with Crippen LogP contribution in [-0.2, 0) is 29.0 Å². The quantitative estimate of drug-likeness (QED) is 0.888. The molecule has 1 aliphatic heterocycles. The molecule has 4 heteroatoms. The minimum atomic E-state index is 0.0600. The zero-order chi connectivity index (χ0) is 16.8. The Morgan fingerprint density at radius 1 is 1.17 bits per heavy atom. The number of ether oxygens (including phenoxy) is 2. The summed E-state index contributed by atoms with van der Waals surface area (Å²) in [5.74, 6) is 0.895. The number of nitrogens with one attached hydrogen (secondary N) is 1. The number of carbonyl (C=O) groups is 1. The van der Waals surface area contributed by atoms with E-state index in [9.17, 15) is 4.79 Å². The summed E-state index contributed by atoms with van der Waals surface area (Å²) in [4.78, 5) is 12.0. The maximum atomic E-state index is 12.0. The Kier molecular flexibility index (Phi) is 5.49. The summed E-state index contributed by atoms with van der Waals surface area (Å²) in [6.07, 6.45) is 2.12. The Morgan fingerprint density at radius 2 is 1.92 bits per heavy atom. The van der Waals surface area contributed by atoms with Crippen molar-refractivity contribution in [2.45, 2.75) is 32.0 Å². The molecule has 1 heterocycles. The first-order valence-corrected chi connectivity index (χ1v) is 8.32. The lowest BCUT2D eigenvalue weighted by Gasteiger charge is -2.25. The van der Waals surface area contributed by atoms with E-state index in [1.165, 1.54) is 11.1 Å². The summed E-state index contributed by atoms with van der Waals surface area (Å²) in [6, 6.07) is 16.1. The van der Waals surface area contributed by atoms with E-state index < -0.39 is 0 Å². The van der Waals surface area contributed by atoms with Gasteiger partial charge in [-0.25, -0.2) is 0 Å². The van der Waals surface area contributed by atoms with Gasteiger partial charge in [0.25, 0.3) is 0 Å². The molecular weight excluding hydrogens is 302 g/mol. The molecule has 0 bridgehead atoms. The number of benzene rings is 2. The average molecular weight is 325 g/mol. The Hall–Kier alpha value is -2.33. The minimum absolute atomic E-state index is 0.0600. The highest BCUT2D eigenvalue weighted by Crippen LogP contribution is 2.19. The molecule has 1 amide bonds. The third-order valence-electron chi connectivity index (χ3n) is 4.37. The highest BCUT2D eigenvalue weighted by Gasteiger charge is 2.19. The van der Waals surface area contributed by atoms with Gasteiger partial charge >= 0.3 is 0 Å². The molecule has 24 heavy (non-hydrogen) atoms. The van der Waals surface area contributed by atoms with Gasteiger partial charge in [0.15, 0.2) is 0 Å². The second-order valence-electron chi connectivity index (χ2n) is 6.06. The van der Waals surface area contributed by atoms with Crippen molar-refractivity contribution in [3.8, 4) is 5.75 Å². The molecule has 0 saturated heterocycles. The lowest BCUT2D eigenvalue weighted by molar-refractivity contribution is -0.121. The molecule has 2 aromatic rings. The normalized spacial score (nSPS) is 16.3. The lowest BCUT2D eigenvalue weighted by atomic mass is 9.99. The molecule has 4 nitrogen and oxygen atoms in total. The third kappa shape index (κ3) is 4.36. The monoisotopic (exact) mass is 325 g/mol. The standard InChI is InChI=1S/C20H23NO3/c1-23-18-9-6-15(7-10-18)8-11-20(22)21-13-19-12-16-4-2-3-5-17(16)14-24-19/h2-7,9-10,19H,8,11-14H2,1H3,(H,21,22). The summed E-state index contributed by atoms with van der Waals surface area (Å²) in [5.41, 5.74) is 3.70. The van der Waals surface area contributed by atoms with Gasteiger partial charge in [0.1, 0.15) is 5.75 Å². The number of amides is 1. The number of methoxy groups -OCH3 is 1. The number of fused-ring (bicyclic) bond motifs is 1. The zero-order valence-electron chi connectivity index (χ0n) is 14.0. The van der Waals surface area contributed by atoms with E-state index in [0.717, 1.165) is 24.2 Å². The molecule has 1 unspecified atom stereocenters. The average Bonchev–Trinajstić information content (AvgIpc) is 2.65. The Bertz CT molecular complexity index is 682. The number of hydrogen-bond donors (Lipinski definition) is 1. The van der Waals surface area contributed by atoms with Crippen LogP contribution in [0.4, 0.5) is 0 Å². The predicted molar refractivity (Wildman–Crippen MR) is 93.0 cm³/mol. The second-order valence-corrected chi connectivity index (χ2v) is 6.06. The van der Waals surface area contributed by atoms with E-state index in [2.05, 4.69) is 23.5 Å². The van der Waals surface area contributed by atoms with Crippen LogP contribution in [0.3, 0.4) is 0 Å². The maximum absolute atomic E-state index is 12.0. The van der Waals surface area contributed by atoms with Crippen molar-refractivity contribution in [3.63, 3.8) is 0 Å². The lowest BCUT2D eigenvalue weighted by Crippen LogP contribution is -2.36. The highest BCUT2D eigenvalue weighted by atomic mass is 16.5. The molecule has 2 aromatic carbocycles. The first kappa shape index (κ1) is 16.5. The minimum Gasteiger partial charge on any atom is -0.497 e. The molecule has 126 valence electrons. The maximum Gasteiger partial charge on any atom is 0.220 e. The molecule has 3 rings (SSSR count). The van der Waals surface area contributed by atoms with Crippen molar-refractivity contribution in [1.82, 2.24) is 5.32 Å². The molecule has 0 radical (unpaired) electrons. The SMILES string of the molecule is COc1ccc(CCC(=O)NCC2Cc3ccccc3CO2)cc1. The fourth-order valence-corrected chi connectivity index (χ4v) is 2.91. The molecule has 0 fully saturated rings. The number of aryl methyl sites for hydroxylation is 1. The Balaban J connectivity index is 1.41. The molecule has 1 atom stereocenters. The molecule has 0 aromatic heterocycles. The van der Waals surface area contributed by atoms with Gasteiger partial charge in [0.2, 0.25) is 5.91 Å². The van der Waals surface area contributed by atoms with Gasteiger partial charge < -0.3 is 14.8 Å². The van der Waals surface area contributed by atoms with Crippen molar-refractivity contribution in [3.05, 3.63) is 65.2 Å². The molecular formula is C20H23NO3. The van der Waals surface area contributed by atoms with Gasteiger partial charge in [-0.05, 0) is 35.2 Å². The first-order chi connectivity index (χ1) is 11.7. The third-order valence-corrected chi connectivity index (χ3v) is 4.37. The van der Waals surface area contributed by atoms with Crippen molar-refractivity contribution < 1.29 is 14.3 Å². The highest BCUT2D eigenvalue weighted by molar-refractivity contribution is 5.76. The van der Waals surface area contributed by atoms with Crippen LogP contribution in [0.2, 0.25) is 0 Å². The van der Waals surface area contributed by atoms with Crippen LogP contribution in [0, 0.1) is 0 Å². The molecule has 0 spiro atoms. The summed E-state index contributed by atoms with van der Waals surface area (Å²) < 4.78 is 10.9.